The van der Waals surface area contributed by atoms with Gasteiger partial charge in [0.2, 0.25) is 0 Å². The molecule has 8 heteroatoms. The molecule has 1 aromatic carbocycles. The number of ketones is 1. The van der Waals surface area contributed by atoms with Gasteiger partial charge in [0.25, 0.3) is 11.7 Å². The minimum atomic E-state index is -2.15. The molecule has 0 aliphatic heterocycles. The van der Waals surface area contributed by atoms with E-state index in [1.807, 2.05) is 30.3 Å². The number of aromatic nitrogens is 3. The maximum atomic E-state index is 14.3. The highest BCUT2D eigenvalue weighted by Gasteiger charge is 2.45. The minimum absolute atomic E-state index is 0.138. The average molecular weight is 361 g/mol. The van der Waals surface area contributed by atoms with E-state index in [2.05, 4.69) is 22.2 Å². The van der Waals surface area contributed by atoms with Crippen LogP contribution in [0.15, 0.2) is 30.3 Å². The fourth-order valence-electron chi connectivity index (χ4n) is 2.42. The second kappa shape index (κ2) is 8.67. The summed E-state index contributed by atoms with van der Waals surface area (Å²) in [7, 11) is 2.43. The van der Waals surface area contributed by atoms with Crippen molar-refractivity contribution in [2.45, 2.75) is 25.9 Å². The summed E-state index contributed by atoms with van der Waals surface area (Å²) in [6.45, 7) is 3.25. The van der Waals surface area contributed by atoms with E-state index < -0.39 is 29.4 Å². The SMILES string of the molecule is CC#CCOC(OC)(OC)C(=O)c1c(F)nnn1[C@H](C)c1ccccc1. The lowest BCUT2D eigenvalue weighted by Crippen LogP contribution is -2.47. The van der Waals surface area contributed by atoms with Gasteiger partial charge in [-0.1, -0.05) is 46.6 Å². The average Bonchev–Trinajstić information content (AvgIpc) is 3.06. The Bertz CT molecular complexity index is 807. The molecule has 138 valence electrons. The van der Waals surface area contributed by atoms with Crippen LogP contribution in [0, 0.1) is 17.8 Å². The molecule has 0 radical (unpaired) electrons. The molecule has 0 saturated heterocycles. The first-order chi connectivity index (χ1) is 12.5. The Morgan fingerprint density at radius 1 is 1.31 bits per heavy atom. The summed E-state index contributed by atoms with van der Waals surface area (Å²) in [5, 5.41) is 7.16. The summed E-state index contributed by atoms with van der Waals surface area (Å²) in [4.78, 5) is 13.0. The molecule has 0 aliphatic rings. The molecule has 0 unspecified atom stereocenters. The Morgan fingerprint density at radius 3 is 2.54 bits per heavy atom. The zero-order valence-electron chi connectivity index (χ0n) is 15.0. The van der Waals surface area contributed by atoms with Crippen molar-refractivity contribution in [3.63, 3.8) is 0 Å². The quantitative estimate of drug-likeness (QED) is 0.408. The predicted octanol–water partition coefficient (Wildman–Crippen LogP) is 2.20. The van der Waals surface area contributed by atoms with Crippen LogP contribution in [0.1, 0.15) is 35.9 Å². The summed E-state index contributed by atoms with van der Waals surface area (Å²) in [5.41, 5.74) is 0.416. The Kier molecular flexibility index (Phi) is 6.58. The van der Waals surface area contributed by atoms with Crippen molar-refractivity contribution < 1.29 is 23.4 Å². The third kappa shape index (κ3) is 3.80. The molecular formula is C18H20FN3O4. The van der Waals surface area contributed by atoms with Crippen molar-refractivity contribution >= 4 is 5.78 Å². The number of carbonyl (C=O) groups is 1. The van der Waals surface area contributed by atoms with E-state index in [4.69, 9.17) is 14.2 Å². The predicted molar refractivity (Wildman–Crippen MR) is 90.7 cm³/mol. The first kappa shape index (κ1) is 19.7. The number of nitrogens with zero attached hydrogens (tertiary/aromatic N) is 3. The molecule has 1 atom stereocenters. The van der Waals surface area contributed by atoms with Crippen molar-refractivity contribution in [1.82, 2.24) is 15.0 Å². The topological polar surface area (TPSA) is 75.5 Å². The van der Waals surface area contributed by atoms with Gasteiger partial charge in [0.1, 0.15) is 6.61 Å². The van der Waals surface area contributed by atoms with Crippen LogP contribution in [-0.2, 0) is 14.2 Å². The number of ether oxygens (including phenoxy) is 3. The molecule has 0 fully saturated rings. The number of rotatable bonds is 8. The summed E-state index contributed by atoms with van der Waals surface area (Å²) in [6.07, 6.45) is 0. The first-order valence-electron chi connectivity index (χ1n) is 7.85. The Balaban J connectivity index is 2.44. The number of carbonyl (C=O) groups excluding carboxylic acids is 1. The largest absolute Gasteiger partial charge is 0.353 e. The molecule has 0 aliphatic carbocycles. The summed E-state index contributed by atoms with van der Waals surface area (Å²) in [6, 6.07) is 8.75. The van der Waals surface area contributed by atoms with Gasteiger partial charge < -0.3 is 14.2 Å². The zero-order valence-corrected chi connectivity index (χ0v) is 15.0. The van der Waals surface area contributed by atoms with Crippen LogP contribution in [0.2, 0.25) is 0 Å². The van der Waals surface area contributed by atoms with E-state index >= 15 is 0 Å². The Hall–Kier alpha value is -2.60. The lowest BCUT2D eigenvalue weighted by atomic mass is 10.1. The fourth-order valence-corrected chi connectivity index (χ4v) is 2.42. The van der Waals surface area contributed by atoms with E-state index in [9.17, 15) is 9.18 Å². The third-order valence-corrected chi connectivity index (χ3v) is 3.84. The molecule has 2 rings (SSSR count). The summed E-state index contributed by atoms with van der Waals surface area (Å²) in [5.74, 6) is 1.17. The molecule has 0 N–H and O–H groups in total. The zero-order chi connectivity index (χ0) is 19.2. The molecule has 0 spiro atoms. The normalized spacial score (nSPS) is 12.3. The first-order valence-corrected chi connectivity index (χ1v) is 7.85. The van der Waals surface area contributed by atoms with Gasteiger partial charge in [-0.3, -0.25) is 4.79 Å². The smallest absolute Gasteiger partial charge is 0.324 e. The molecule has 7 nitrogen and oxygen atoms in total. The third-order valence-electron chi connectivity index (χ3n) is 3.84. The highest BCUT2D eigenvalue weighted by molar-refractivity contribution is 5.99. The molecular weight excluding hydrogens is 341 g/mol. The number of hydrogen-bond donors (Lipinski definition) is 0. The maximum absolute atomic E-state index is 14.3. The van der Waals surface area contributed by atoms with Gasteiger partial charge in [0, 0.05) is 14.2 Å². The van der Waals surface area contributed by atoms with Crippen LogP contribution in [0.3, 0.4) is 0 Å². The number of benzene rings is 1. The van der Waals surface area contributed by atoms with E-state index in [1.165, 1.54) is 18.9 Å². The van der Waals surface area contributed by atoms with Gasteiger partial charge in [0.05, 0.1) is 6.04 Å². The molecule has 1 heterocycles. The van der Waals surface area contributed by atoms with Gasteiger partial charge >= 0.3 is 5.97 Å². The molecule has 0 amide bonds. The second-order valence-electron chi connectivity index (χ2n) is 5.27. The maximum Gasteiger partial charge on any atom is 0.353 e. The highest BCUT2D eigenvalue weighted by atomic mass is 19.1. The number of halogens is 1. The van der Waals surface area contributed by atoms with Crippen LogP contribution < -0.4 is 0 Å². The number of methoxy groups -OCH3 is 2. The molecule has 2 aromatic rings. The number of hydrogen-bond acceptors (Lipinski definition) is 6. The van der Waals surface area contributed by atoms with Crippen LogP contribution in [0.4, 0.5) is 4.39 Å². The van der Waals surface area contributed by atoms with E-state index in [0.717, 1.165) is 5.56 Å². The van der Waals surface area contributed by atoms with Gasteiger partial charge in [-0.25, -0.2) is 4.68 Å². The molecule has 0 bridgehead atoms. The van der Waals surface area contributed by atoms with E-state index in [1.54, 1.807) is 13.8 Å². The monoisotopic (exact) mass is 361 g/mol. The van der Waals surface area contributed by atoms with Crippen molar-refractivity contribution in [3.8, 4) is 11.8 Å². The summed E-state index contributed by atoms with van der Waals surface area (Å²) < 4.78 is 31.1. The number of Topliss-reactive ketones (excluding diaryl/α,β-unsaturated/α-hetero) is 1. The minimum Gasteiger partial charge on any atom is -0.324 e. The van der Waals surface area contributed by atoms with Crippen molar-refractivity contribution in [1.29, 1.82) is 0 Å². The second-order valence-corrected chi connectivity index (χ2v) is 5.27. The Morgan fingerprint density at radius 2 is 1.96 bits per heavy atom. The van der Waals surface area contributed by atoms with Gasteiger partial charge in [0.15, 0.2) is 5.69 Å². The molecule has 0 saturated carbocycles. The van der Waals surface area contributed by atoms with Crippen LogP contribution in [-0.4, -0.2) is 47.6 Å². The molecule has 1 aromatic heterocycles. The van der Waals surface area contributed by atoms with Crippen molar-refractivity contribution in [2.75, 3.05) is 20.8 Å². The highest BCUT2D eigenvalue weighted by Crippen LogP contribution is 2.25. The van der Waals surface area contributed by atoms with E-state index in [0.29, 0.717) is 0 Å². The van der Waals surface area contributed by atoms with Crippen LogP contribution >= 0.6 is 0 Å². The van der Waals surface area contributed by atoms with Gasteiger partial charge in [-0.2, -0.15) is 4.39 Å². The van der Waals surface area contributed by atoms with E-state index in [-0.39, 0.29) is 6.61 Å². The van der Waals surface area contributed by atoms with Crippen LogP contribution in [0.5, 0.6) is 0 Å². The van der Waals surface area contributed by atoms with Gasteiger partial charge in [-0.05, 0) is 19.4 Å². The lowest BCUT2D eigenvalue weighted by molar-refractivity contribution is -0.318. The van der Waals surface area contributed by atoms with Crippen molar-refractivity contribution in [2.24, 2.45) is 0 Å². The fraction of sp³-hybridized carbons (Fsp3) is 0.389. The van der Waals surface area contributed by atoms with Crippen LogP contribution in [0.25, 0.3) is 0 Å². The Labute approximate surface area is 151 Å². The standard InChI is InChI=1S/C18H20FN3O4/c1-5-6-12-26-18(24-3,25-4)16(23)15-17(19)20-21-22(15)13(2)14-10-8-7-9-11-14/h7-11,13H,12H2,1-4H3/t13-/m1/s1. The lowest BCUT2D eigenvalue weighted by Gasteiger charge is -2.28. The summed E-state index contributed by atoms with van der Waals surface area (Å²) >= 11 is 0. The molecule has 26 heavy (non-hydrogen) atoms. The van der Waals surface area contributed by atoms with Gasteiger partial charge in [-0.15, -0.1) is 5.92 Å². The van der Waals surface area contributed by atoms with Crippen molar-refractivity contribution in [3.05, 3.63) is 47.5 Å².